The number of carbonyl (C=O) groups is 2. The summed E-state index contributed by atoms with van der Waals surface area (Å²) < 4.78 is 40.6. The van der Waals surface area contributed by atoms with Crippen molar-refractivity contribution in [2.24, 2.45) is 0 Å². The maximum absolute atomic E-state index is 14.7. The number of anilines is 1. The summed E-state index contributed by atoms with van der Waals surface area (Å²) in [5, 5.41) is 2.97. The van der Waals surface area contributed by atoms with Crippen LogP contribution in [0.1, 0.15) is 30.5 Å². The van der Waals surface area contributed by atoms with Gasteiger partial charge in [-0.1, -0.05) is 72.8 Å². The second-order valence-corrected chi connectivity index (χ2v) is 13.0. The number of nitrogens with zero attached hydrogens (tertiary/aromatic N) is 2. The lowest BCUT2D eigenvalue weighted by atomic mass is 10.0. The summed E-state index contributed by atoms with van der Waals surface area (Å²) in [7, 11) is -1.40. The molecular formula is C36H41N3O6S. The van der Waals surface area contributed by atoms with Gasteiger partial charge in [0.2, 0.25) is 11.8 Å². The van der Waals surface area contributed by atoms with E-state index < -0.39 is 28.5 Å². The lowest BCUT2D eigenvalue weighted by Gasteiger charge is -2.34. The molecule has 0 aromatic heterocycles. The molecule has 0 aliphatic rings. The summed E-state index contributed by atoms with van der Waals surface area (Å²) in [6, 6.07) is 28.6. The smallest absolute Gasteiger partial charge is 0.264 e. The molecule has 9 nitrogen and oxygen atoms in total. The lowest BCUT2D eigenvalue weighted by molar-refractivity contribution is -0.140. The molecular weight excluding hydrogens is 602 g/mol. The Morgan fingerprint density at radius 1 is 0.826 bits per heavy atom. The number of hydrogen-bond donors (Lipinski definition) is 1. The minimum atomic E-state index is -4.30. The van der Waals surface area contributed by atoms with Crippen molar-refractivity contribution in [3.8, 4) is 11.5 Å². The van der Waals surface area contributed by atoms with Gasteiger partial charge in [0, 0.05) is 25.1 Å². The zero-order valence-corrected chi connectivity index (χ0v) is 27.7. The van der Waals surface area contributed by atoms with Gasteiger partial charge in [0.25, 0.3) is 10.0 Å². The van der Waals surface area contributed by atoms with E-state index in [0.717, 1.165) is 21.0 Å². The van der Waals surface area contributed by atoms with Crippen LogP contribution in [0.15, 0.2) is 108 Å². The number of nitrogens with one attached hydrogen (secondary N) is 1. The Kier molecular flexibility index (Phi) is 11.4. The van der Waals surface area contributed by atoms with E-state index in [1.165, 1.54) is 37.3 Å². The minimum absolute atomic E-state index is 0.00323. The van der Waals surface area contributed by atoms with Crippen LogP contribution < -0.4 is 19.1 Å². The molecule has 0 aliphatic carbocycles. The molecule has 0 saturated heterocycles. The summed E-state index contributed by atoms with van der Waals surface area (Å²) in [5.41, 5.74) is 2.76. The Morgan fingerprint density at radius 2 is 1.46 bits per heavy atom. The number of benzene rings is 4. The van der Waals surface area contributed by atoms with Gasteiger partial charge in [-0.2, -0.15) is 0 Å². The molecule has 242 valence electrons. The van der Waals surface area contributed by atoms with Crippen molar-refractivity contribution < 1.29 is 27.5 Å². The number of hydrogen-bond acceptors (Lipinski definition) is 6. The normalized spacial score (nSPS) is 11.9. The number of methoxy groups -OCH3 is 2. The van der Waals surface area contributed by atoms with Gasteiger partial charge in [-0.25, -0.2) is 8.42 Å². The quantitative estimate of drug-likeness (QED) is 0.198. The SMILES string of the molecule is COc1ccc(OC)c(N(CC(=O)N(Cc2ccccc2C)[C@H](Cc2ccccc2)C(=O)NC(C)C)S(=O)(=O)c2ccccc2)c1. The highest BCUT2D eigenvalue weighted by Gasteiger charge is 2.36. The van der Waals surface area contributed by atoms with Crippen LogP contribution in [-0.2, 0) is 32.6 Å². The van der Waals surface area contributed by atoms with Crippen molar-refractivity contribution in [1.82, 2.24) is 10.2 Å². The Bertz CT molecular complexity index is 1730. The highest BCUT2D eigenvalue weighted by Crippen LogP contribution is 2.36. The average molecular weight is 644 g/mol. The lowest BCUT2D eigenvalue weighted by Crippen LogP contribution is -2.54. The van der Waals surface area contributed by atoms with E-state index >= 15 is 0 Å². The molecule has 0 fully saturated rings. The maximum Gasteiger partial charge on any atom is 0.264 e. The topological polar surface area (TPSA) is 105 Å². The first-order valence-electron chi connectivity index (χ1n) is 15.0. The average Bonchev–Trinajstić information content (AvgIpc) is 3.06. The number of ether oxygens (including phenoxy) is 2. The van der Waals surface area contributed by atoms with Crippen LogP contribution in [0.2, 0.25) is 0 Å². The minimum Gasteiger partial charge on any atom is -0.497 e. The predicted octanol–water partition coefficient (Wildman–Crippen LogP) is 5.37. The first-order chi connectivity index (χ1) is 22.0. The third-order valence-electron chi connectivity index (χ3n) is 7.57. The van der Waals surface area contributed by atoms with Crippen LogP contribution in [0, 0.1) is 6.92 Å². The van der Waals surface area contributed by atoms with Gasteiger partial charge in [-0.05, 0) is 61.7 Å². The molecule has 46 heavy (non-hydrogen) atoms. The van der Waals surface area contributed by atoms with Crippen molar-refractivity contribution in [1.29, 1.82) is 0 Å². The third-order valence-corrected chi connectivity index (χ3v) is 9.34. The van der Waals surface area contributed by atoms with Crippen LogP contribution >= 0.6 is 0 Å². The second kappa shape index (κ2) is 15.4. The van der Waals surface area contributed by atoms with Crippen LogP contribution in [0.4, 0.5) is 5.69 Å². The van der Waals surface area contributed by atoms with E-state index in [0.29, 0.717) is 5.75 Å². The summed E-state index contributed by atoms with van der Waals surface area (Å²) in [4.78, 5) is 30.0. The van der Waals surface area contributed by atoms with E-state index in [2.05, 4.69) is 5.32 Å². The van der Waals surface area contributed by atoms with Crippen LogP contribution in [0.25, 0.3) is 0 Å². The summed E-state index contributed by atoms with van der Waals surface area (Å²) in [6.07, 6.45) is 0.227. The first kappa shape index (κ1) is 34.1. The number of aryl methyl sites for hydroxylation is 1. The Hall–Kier alpha value is -4.83. The molecule has 4 rings (SSSR count). The zero-order valence-electron chi connectivity index (χ0n) is 26.8. The summed E-state index contributed by atoms with van der Waals surface area (Å²) in [6.45, 7) is 5.13. The highest BCUT2D eigenvalue weighted by molar-refractivity contribution is 7.92. The fourth-order valence-electron chi connectivity index (χ4n) is 5.13. The number of sulfonamides is 1. The molecule has 0 saturated carbocycles. The van der Waals surface area contributed by atoms with Gasteiger partial charge in [-0.3, -0.25) is 13.9 Å². The molecule has 0 bridgehead atoms. The molecule has 10 heteroatoms. The van der Waals surface area contributed by atoms with Crippen molar-refractivity contribution >= 4 is 27.5 Å². The largest absolute Gasteiger partial charge is 0.497 e. The molecule has 1 atom stereocenters. The molecule has 4 aromatic rings. The van der Waals surface area contributed by atoms with Gasteiger partial charge in [0.15, 0.2) is 0 Å². The van der Waals surface area contributed by atoms with E-state index in [4.69, 9.17) is 9.47 Å². The molecule has 0 aliphatic heterocycles. The predicted molar refractivity (Wildman–Crippen MR) is 179 cm³/mol. The zero-order chi connectivity index (χ0) is 33.3. The van der Waals surface area contributed by atoms with Crippen LogP contribution in [-0.4, -0.2) is 58.0 Å². The molecule has 0 spiro atoms. The van der Waals surface area contributed by atoms with Crippen molar-refractivity contribution in [2.75, 3.05) is 25.1 Å². The van der Waals surface area contributed by atoms with Gasteiger partial charge < -0.3 is 19.7 Å². The maximum atomic E-state index is 14.7. The summed E-state index contributed by atoms with van der Waals surface area (Å²) >= 11 is 0. The molecule has 0 unspecified atom stereocenters. The van der Waals surface area contributed by atoms with Crippen LogP contribution in [0.3, 0.4) is 0 Å². The first-order valence-corrected chi connectivity index (χ1v) is 16.5. The Labute approximate surface area is 271 Å². The van der Waals surface area contributed by atoms with Gasteiger partial charge in [-0.15, -0.1) is 0 Å². The molecule has 0 radical (unpaired) electrons. The molecule has 0 heterocycles. The fraction of sp³-hybridized carbons (Fsp3) is 0.278. The van der Waals surface area contributed by atoms with Gasteiger partial charge >= 0.3 is 0 Å². The summed E-state index contributed by atoms with van der Waals surface area (Å²) in [5.74, 6) is -0.284. The standard InChI is InChI=1S/C36H41N3O6S/c1-26(2)37-36(41)33(22-28-15-8-6-9-16-28)38(24-29-17-13-12-14-27(29)3)35(40)25-39(46(42,43)31-18-10-7-11-19-31)32-23-30(44-4)20-21-34(32)45-5/h6-21,23,26,33H,22,24-25H2,1-5H3,(H,37,41)/t33-/m1/s1. The third kappa shape index (κ3) is 8.25. The van der Waals surface area contributed by atoms with E-state index in [9.17, 15) is 18.0 Å². The fourth-order valence-corrected chi connectivity index (χ4v) is 6.57. The van der Waals surface area contributed by atoms with Gasteiger partial charge in [0.1, 0.15) is 24.1 Å². The molecule has 4 aromatic carbocycles. The number of carbonyl (C=O) groups excluding carboxylic acids is 2. The van der Waals surface area contributed by atoms with E-state index in [-0.39, 0.29) is 41.2 Å². The Balaban J connectivity index is 1.87. The number of amides is 2. The van der Waals surface area contributed by atoms with Crippen molar-refractivity contribution in [3.63, 3.8) is 0 Å². The van der Waals surface area contributed by atoms with E-state index in [1.54, 1.807) is 30.3 Å². The van der Waals surface area contributed by atoms with Crippen molar-refractivity contribution in [3.05, 3.63) is 120 Å². The van der Waals surface area contributed by atoms with Crippen LogP contribution in [0.5, 0.6) is 11.5 Å². The van der Waals surface area contributed by atoms with E-state index in [1.807, 2.05) is 75.4 Å². The van der Waals surface area contributed by atoms with Gasteiger partial charge in [0.05, 0.1) is 24.8 Å². The highest BCUT2D eigenvalue weighted by atomic mass is 32.2. The molecule has 1 N–H and O–H groups in total. The second-order valence-electron chi connectivity index (χ2n) is 11.2. The number of rotatable bonds is 14. The Morgan fingerprint density at radius 3 is 2.07 bits per heavy atom. The monoisotopic (exact) mass is 643 g/mol. The molecule has 2 amide bonds. The van der Waals surface area contributed by atoms with Crippen molar-refractivity contribution in [2.45, 2.75) is 50.7 Å².